The number of thiophene rings is 1. The fourth-order valence-corrected chi connectivity index (χ4v) is 5.76. The molecule has 0 fully saturated rings. The Morgan fingerprint density at radius 3 is 2.46 bits per heavy atom. The molecule has 3 aromatic carbocycles. The monoisotopic (exact) mass is 581 g/mol. The first-order valence-corrected chi connectivity index (χ1v) is 13.5. The third-order valence-corrected chi connectivity index (χ3v) is 7.85. The van der Waals surface area contributed by atoms with Gasteiger partial charge in [-0.15, -0.1) is 11.3 Å². The van der Waals surface area contributed by atoms with Crippen LogP contribution in [0.1, 0.15) is 44.9 Å². The fourth-order valence-electron chi connectivity index (χ4n) is 4.30. The summed E-state index contributed by atoms with van der Waals surface area (Å²) in [4.78, 5) is 24.9. The number of fused-ring (bicyclic) bond motifs is 1. The lowest BCUT2D eigenvalue weighted by Gasteiger charge is -2.15. The van der Waals surface area contributed by atoms with Gasteiger partial charge in [-0.2, -0.15) is 5.10 Å². The van der Waals surface area contributed by atoms with Crippen molar-refractivity contribution in [2.45, 2.75) is 26.3 Å². The van der Waals surface area contributed by atoms with Gasteiger partial charge in [-0.1, -0.05) is 59.1 Å². The van der Waals surface area contributed by atoms with E-state index in [1.807, 2.05) is 48.1 Å². The number of aryl methyl sites for hydroxylation is 1. The van der Waals surface area contributed by atoms with Crippen LogP contribution in [0.3, 0.4) is 0 Å². The second-order valence-corrected chi connectivity index (χ2v) is 11.0. The molecule has 0 radical (unpaired) electrons. The first-order valence-electron chi connectivity index (χ1n) is 13.9. The minimum atomic E-state index is -3.34. The number of carbonyl (C=O) groups excluding carboxylic acids is 1. The Hall–Kier alpha value is -3.65. The van der Waals surface area contributed by atoms with E-state index in [1.54, 1.807) is 24.3 Å². The van der Waals surface area contributed by atoms with E-state index in [9.17, 15) is 9.59 Å². The van der Waals surface area contributed by atoms with E-state index in [4.69, 9.17) is 38.9 Å². The number of benzene rings is 3. The molecule has 1 amide bonds. The second kappa shape index (κ2) is 11.2. The van der Waals surface area contributed by atoms with Crippen LogP contribution in [0.15, 0.2) is 72.8 Å². The Bertz CT molecular complexity index is 1870. The van der Waals surface area contributed by atoms with Crippen molar-refractivity contribution in [2.75, 3.05) is 6.50 Å². The summed E-state index contributed by atoms with van der Waals surface area (Å²) in [5, 5.41) is 19.0. The first kappa shape index (κ1) is 22.2. The molecule has 5 aromatic rings. The number of aromatic nitrogens is 2. The summed E-state index contributed by atoms with van der Waals surface area (Å²) >= 11 is 13.6. The molecule has 198 valence electrons. The van der Waals surface area contributed by atoms with E-state index in [1.165, 1.54) is 6.07 Å². The number of rotatable bonds is 8. The molecule has 5 rings (SSSR count). The van der Waals surface area contributed by atoms with Crippen LogP contribution in [-0.2, 0) is 4.79 Å². The maximum absolute atomic E-state index is 12.8. The van der Waals surface area contributed by atoms with Crippen LogP contribution in [0, 0.1) is 6.92 Å². The van der Waals surface area contributed by atoms with Crippen molar-refractivity contribution >= 4 is 57.2 Å². The Balaban J connectivity index is 1.54. The number of hydrogen-bond acceptors (Lipinski definition) is 4. The van der Waals surface area contributed by atoms with E-state index < -0.39 is 24.7 Å². The fraction of sp³-hybridized carbons (Fsp3) is 0.167. The highest BCUT2D eigenvalue weighted by Crippen LogP contribution is 2.36. The zero-order valence-electron chi connectivity index (χ0n) is 24.8. The molecule has 39 heavy (non-hydrogen) atoms. The lowest BCUT2D eigenvalue weighted by molar-refractivity contribution is -0.136. The predicted octanol–water partition coefficient (Wildman–Crippen LogP) is 7.86. The highest BCUT2D eigenvalue weighted by Gasteiger charge is 2.21. The maximum atomic E-state index is 12.8. The average Bonchev–Trinajstić information content (AvgIpc) is 3.60. The van der Waals surface area contributed by atoms with Crippen LogP contribution in [0.4, 0.5) is 0 Å². The molecule has 1 unspecified atom stereocenters. The van der Waals surface area contributed by atoms with E-state index in [-0.39, 0.29) is 10.9 Å². The van der Waals surface area contributed by atoms with Gasteiger partial charge in [0.1, 0.15) is 0 Å². The molecule has 1 atom stereocenters. The zero-order valence-corrected chi connectivity index (χ0v) is 23.2. The van der Waals surface area contributed by atoms with E-state index in [0.717, 1.165) is 44.5 Å². The van der Waals surface area contributed by atoms with Gasteiger partial charge in [0.25, 0.3) is 5.91 Å². The summed E-state index contributed by atoms with van der Waals surface area (Å²) in [6.45, 7) is 0.798. The molecule has 6 nitrogen and oxygen atoms in total. The highest BCUT2D eigenvalue weighted by atomic mass is 35.5. The largest absolute Gasteiger partial charge is 0.481 e. The van der Waals surface area contributed by atoms with Gasteiger partial charge in [0.15, 0.2) is 0 Å². The smallest absolute Gasteiger partial charge is 0.305 e. The molecule has 0 bridgehead atoms. The molecule has 0 aliphatic carbocycles. The Kier molecular flexibility index (Phi) is 6.39. The maximum Gasteiger partial charge on any atom is 0.305 e. The van der Waals surface area contributed by atoms with Crippen LogP contribution in [0.25, 0.3) is 33.3 Å². The number of nitrogens with zero attached hydrogens (tertiary/aromatic N) is 2. The molecule has 9 heteroatoms. The second-order valence-electron chi connectivity index (χ2n) is 8.97. The third kappa shape index (κ3) is 6.01. The standard InChI is InChI=1S/C30H25Cl2N3O3S/c1-17-3-4-20-12-21(6-5-19(20)11-17)26-16-25(22-13-23(31)15-24(32)14-22)34-35(26)18(2)27-7-8-28(39-27)30(38)33-10-9-29(36)37/h3-8,11-16,18H,9-10H2,1-2H3,(H,33,38)(H,36,37)/i9D2,10D2. The summed E-state index contributed by atoms with van der Waals surface area (Å²) in [5.41, 5.74) is 4.22. The number of carboxylic acid groups (broad SMARTS) is 1. The summed E-state index contributed by atoms with van der Waals surface area (Å²) in [6, 6.07) is 22.3. The van der Waals surface area contributed by atoms with Crippen LogP contribution >= 0.6 is 34.5 Å². The van der Waals surface area contributed by atoms with Crippen molar-refractivity contribution in [3.63, 3.8) is 0 Å². The summed E-state index contributed by atoms with van der Waals surface area (Å²) in [7, 11) is 0. The molecule has 0 aliphatic heterocycles. The molecule has 2 heterocycles. The normalized spacial score (nSPS) is 14.3. The van der Waals surface area contributed by atoms with Crippen molar-refractivity contribution in [3.8, 4) is 22.5 Å². The highest BCUT2D eigenvalue weighted by molar-refractivity contribution is 7.14. The number of carbonyl (C=O) groups is 2. The number of carboxylic acids is 1. The number of halogens is 2. The molecule has 2 N–H and O–H groups in total. The Morgan fingerprint density at radius 1 is 1.00 bits per heavy atom. The van der Waals surface area contributed by atoms with Crippen molar-refractivity contribution in [1.82, 2.24) is 15.1 Å². The van der Waals surface area contributed by atoms with Crippen LogP contribution < -0.4 is 5.32 Å². The van der Waals surface area contributed by atoms with Crippen molar-refractivity contribution in [3.05, 3.63) is 98.2 Å². The third-order valence-electron chi connectivity index (χ3n) is 6.16. The molecule has 2 aromatic heterocycles. The van der Waals surface area contributed by atoms with E-state index in [0.29, 0.717) is 20.6 Å². The summed E-state index contributed by atoms with van der Waals surface area (Å²) < 4.78 is 32.6. The number of aliphatic carboxylic acids is 1. The van der Waals surface area contributed by atoms with Crippen molar-refractivity contribution < 1.29 is 20.2 Å². The minimum Gasteiger partial charge on any atom is -0.481 e. The number of amides is 1. The van der Waals surface area contributed by atoms with Gasteiger partial charge in [-0.05, 0) is 67.1 Å². The van der Waals surface area contributed by atoms with Crippen molar-refractivity contribution in [1.29, 1.82) is 0 Å². The number of hydrogen-bond donors (Lipinski definition) is 2. The van der Waals surface area contributed by atoms with Gasteiger partial charge < -0.3 is 10.4 Å². The summed E-state index contributed by atoms with van der Waals surface area (Å²) in [5.74, 6) is -2.96. The van der Waals surface area contributed by atoms with Gasteiger partial charge in [-0.25, -0.2) is 0 Å². The molecule has 0 saturated carbocycles. The lowest BCUT2D eigenvalue weighted by atomic mass is 10.0. The predicted molar refractivity (Wildman–Crippen MR) is 158 cm³/mol. The minimum absolute atomic E-state index is 0.0866. The summed E-state index contributed by atoms with van der Waals surface area (Å²) in [6.07, 6.45) is -3.34. The van der Waals surface area contributed by atoms with Crippen molar-refractivity contribution in [2.24, 2.45) is 0 Å². The van der Waals surface area contributed by atoms with Gasteiger partial charge >= 0.3 is 5.97 Å². The Morgan fingerprint density at radius 2 is 1.72 bits per heavy atom. The molecule has 0 aliphatic rings. The van der Waals surface area contributed by atoms with Crippen LogP contribution in [0.5, 0.6) is 0 Å². The average molecular weight is 583 g/mol. The zero-order chi connectivity index (χ0) is 31.3. The van der Waals surface area contributed by atoms with E-state index in [2.05, 4.69) is 18.2 Å². The SMILES string of the molecule is [2H]C([2H])(NC(=O)c1ccc(C(C)n2nc(-c3cc(Cl)cc(Cl)c3)cc2-c2ccc3cc(C)ccc3c2)s1)C([2H])([2H])C(=O)O. The van der Waals surface area contributed by atoms with Crippen LogP contribution in [0.2, 0.25) is 10.0 Å². The molecule has 0 spiro atoms. The molecular weight excluding hydrogens is 553 g/mol. The Labute approximate surface area is 245 Å². The lowest BCUT2D eigenvalue weighted by Crippen LogP contribution is -2.25. The first-order chi connectivity index (χ1) is 20.2. The van der Waals surface area contributed by atoms with Gasteiger partial charge in [-0.3, -0.25) is 14.3 Å². The molecular formula is C30H25Cl2N3O3S. The van der Waals surface area contributed by atoms with E-state index >= 15 is 0 Å². The van der Waals surface area contributed by atoms with Gasteiger partial charge in [0, 0.05) is 38.0 Å². The number of nitrogens with one attached hydrogen (secondary N) is 1. The molecule has 0 saturated heterocycles. The van der Waals surface area contributed by atoms with Crippen LogP contribution in [-0.4, -0.2) is 33.3 Å². The van der Waals surface area contributed by atoms with Gasteiger partial charge in [0.2, 0.25) is 0 Å². The quantitative estimate of drug-likeness (QED) is 0.195. The van der Waals surface area contributed by atoms with Gasteiger partial charge in [0.05, 0.1) is 28.7 Å². The topological polar surface area (TPSA) is 84.2 Å².